The number of hydrogen-bond acceptors (Lipinski definition) is 3. The van der Waals surface area contributed by atoms with Crippen LogP contribution in [0, 0.1) is 5.92 Å². The third kappa shape index (κ3) is 4.49. The van der Waals surface area contributed by atoms with E-state index in [9.17, 15) is 0 Å². The molecule has 90 valence electrons. The summed E-state index contributed by atoms with van der Waals surface area (Å²) in [6.07, 6.45) is 2.96. The van der Waals surface area contributed by atoms with Crippen molar-refractivity contribution >= 4 is 0 Å². The number of ether oxygens (including phenoxy) is 1. The molecule has 0 aromatic carbocycles. The van der Waals surface area contributed by atoms with Crippen molar-refractivity contribution in [3.8, 4) is 0 Å². The van der Waals surface area contributed by atoms with Crippen LogP contribution in [0.15, 0.2) is 0 Å². The average molecular weight is 214 g/mol. The summed E-state index contributed by atoms with van der Waals surface area (Å²) in [5.74, 6) is 0.854. The molecule has 1 heterocycles. The highest BCUT2D eigenvalue weighted by atomic mass is 16.5. The number of piperidine rings is 1. The Labute approximate surface area is 94.2 Å². The molecule has 3 heteroatoms. The predicted molar refractivity (Wildman–Crippen MR) is 64.2 cm³/mol. The fourth-order valence-electron chi connectivity index (χ4n) is 1.99. The van der Waals surface area contributed by atoms with Gasteiger partial charge in [-0.05, 0) is 59.3 Å². The Kier molecular flexibility index (Phi) is 5.58. The van der Waals surface area contributed by atoms with Gasteiger partial charge in [0, 0.05) is 13.2 Å². The van der Waals surface area contributed by atoms with Gasteiger partial charge in [-0.2, -0.15) is 0 Å². The third-order valence-corrected chi connectivity index (χ3v) is 3.64. The zero-order valence-corrected chi connectivity index (χ0v) is 10.6. The van der Waals surface area contributed by atoms with E-state index in [1.54, 1.807) is 7.11 Å². The zero-order valence-electron chi connectivity index (χ0n) is 10.6. The van der Waals surface area contributed by atoms with Gasteiger partial charge in [-0.1, -0.05) is 0 Å². The molecule has 1 aliphatic heterocycles. The van der Waals surface area contributed by atoms with Crippen LogP contribution in [0.25, 0.3) is 0 Å². The van der Waals surface area contributed by atoms with E-state index in [0.29, 0.717) is 12.1 Å². The van der Waals surface area contributed by atoms with Crippen LogP contribution < -0.4 is 5.32 Å². The summed E-state index contributed by atoms with van der Waals surface area (Å²) in [6.45, 7) is 7.96. The number of rotatable bonds is 5. The van der Waals surface area contributed by atoms with E-state index in [0.717, 1.165) is 12.5 Å². The molecule has 0 amide bonds. The maximum atomic E-state index is 5.30. The van der Waals surface area contributed by atoms with Crippen LogP contribution in [0.1, 0.15) is 26.7 Å². The second-order valence-electron chi connectivity index (χ2n) is 4.88. The molecule has 1 aliphatic rings. The quantitative estimate of drug-likeness (QED) is 0.747. The summed E-state index contributed by atoms with van der Waals surface area (Å²) in [6, 6.07) is 0.453. The minimum atomic E-state index is 0.302. The largest absolute Gasteiger partial charge is 0.380 e. The second kappa shape index (κ2) is 6.46. The van der Waals surface area contributed by atoms with Crippen molar-refractivity contribution in [1.82, 2.24) is 10.2 Å². The summed E-state index contributed by atoms with van der Waals surface area (Å²) < 4.78 is 5.30. The lowest BCUT2D eigenvalue weighted by Gasteiger charge is -2.30. The Morgan fingerprint density at radius 1 is 1.33 bits per heavy atom. The van der Waals surface area contributed by atoms with Gasteiger partial charge in [0.1, 0.15) is 0 Å². The number of hydrogen-bond donors (Lipinski definition) is 1. The van der Waals surface area contributed by atoms with Crippen molar-refractivity contribution in [1.29, 1.82) is 0 Å². The van der Waals surface area contributed by atoms with Crippen molar-refractivity contribution in [2.75, 3.05) is 33.8 Å². The van der Waals surface area contributed by atoms with Crippen LogP contribution in [0.3, 0.4) is 0 Å². The summed E-state index contributed by atoms with van der Waals surface area (Å²) in [5.41, 5.74) is 0. The van der Waals surface area contributed by atoms with Crippen molar-refractivity contribution in [3.63, 3.8) is 0 Å². The number of likely N-dealkylation sites (tertiary alicyclic amines) is 1. The maximum absolute atomic E-state index is 5.30. The SMILES string of the molecule is COC(C)C(C)NCC1CCN(C)CC1. The topological polar surface area (TPSA) is 24.5 Å². The van der Waals surface area contributed by atoms with Gasteiger partial charge in [-0.15, -0.1) is 0 Å². The first-order chi connectivity index (χ1) is 7.13. The van der Waals surface area contributed by atoms with E-state index < -0.39 is 0 Å². The normalized spacial score (nSPS) is 24.0. The molecule has 0 aliphatic carbocycles. The zero-order chi connectivity index (χ0) is 11.3. The monoisotopic (exact) mass is 214 g/mol. The molecule has 15 heavy (non-hydrogen) atoms. The standard InChI is InChI=1S/C12H26N2O/c1-10(11(2)15-4)13-9-12-5-7-14(3)8-6-12/h10-13H,5-9H2,1-4H3. The van der Waals surface area contributed by atoms with Crippen molar-refractivity contribution < 1.29 is 4.74 Å². The predicted octanol–water partition coefficient (Wildman–Crippen LogP) is 1.34. The van der Waals surface area contributed by atoms with E-state index in [1.807, 2.05) is 0 Å². The van der Waals surface area contributed by atoms with Gasteiger partial charge >= 0.3 is 0 Å². The number of methoxy groups -OCH3 is 1. The van der Waals surface area contributed by atoms with Crippen molar-refractivity contribution in [2.45, 2.75) is 38.8 Å². The number of nitrogens with zero attached hydrogens (tertiary/aromatic N) is 1. The molecule has 0 bridgehead atoms. The third-order valence-electron chi connectivity index (χ3n) is 3.64. The van der Waals surface area contributed by atoms with E-state index in [2.05, 4.69) is 31.1 Å². The molecular formula is C12H26N2O. The number of nitrogens with one attached hydrogen (secondary N) is 1. The summed E-state index contributed by atoms with van der Waals surface area (Å²) in [5, 5.41) is 3.57. The molecule has 1 saturated heterocycles. The molecule has 0 aromatic heterocycles. The van der Waals surface area contributed by atoms with Gasteiger partial charge in [0.05, 0.1) is 6.10 Å². The highest BCUT2D eigenvalue weighted by molar-refractivity contribution is 4.75. The summed E-state index contributed by atoms with van der Waals surface area (Å²) in [4.78, 5) is 2.41. The molecule has 2 atom stereocenters. The maximum Gasteiger partial charge on any atom is 0.0693 e. The molecule has 3 nitrogen and oxygen atoms in total. The molecule has 0 saturated carbocycles. The van der Waals surface area contributed by atoms with Gasteiger partial charge < -0.3 is 15.0 Å². The van der Waals surface area contributed by atoms with Gasteiger partial charge in [0.25, 0.3) is 0 Å². The smallest absolute Gasteiger partial charge is 0.0693 e. The van der Waals surface area contributed by atoms with E-state index in [-0.39, 0.29) is 0 Å². The van der Waals surface area contributed by atoms with Crippen LogP contribution in [0.4, 0.5) is 0 Å². The minimum absolute atomic E-state index is 0.302. The molecule has 1 N–H and O–H groups in total. The highest BCUT2D eigenvalue weighted by Crippen LogP contribution is 2.15. The highest BCUT2D eigenvalue weighted by Gasteiger charge is 2.18. The lowest BCUT2D eigenvalue weighted by Crippen LogP contribution is -2.42. The van der Waals surface area contributed by atoms with Crippen LogP contribution in [-0.4, -0.2) is 50.8 Å². The Morgan fingerprint density at radius 2 is 1.93 bits per heavy atom. The molecule has 1 fully saturated rings. The van der Waals surface area contributed by atoms with E-state index in [1.165, 1.54) is 25.9 Å². The first-order valence-electron chi connectivity index (χ1n) is 6.08. The Balaban J connectivity index is 2.14. The summed E-state index contributed by atoms with van der Waals surface area (Å²) >= 11 is 0. The van der Waals surface area contributed by atoms with Gasteiger partial charge in [-0.3, -0.25) is 0 Å². The first-order valence-corrected chi connectivity index (χ1v) is 6.08. The fraction of sp³-hybridized carbons (Fsp3) is 1.00. The molecule has 0 spiro atoms. The fourth-order valence-corrected chi connectivity index (χ4v) is 1.99. The van der Waals surface area contributed by atoms with Crippen molar-refractivity contribution in [3.05, 3.63) is 0 Å². The molecule has 2 unspecified atom stereocenters. The molecule has 1 rings (SSSR count). The van der Waals surface area contributed by atoms with Crippen LogP contribution in [0.5, 0.6) is 0 Å². The summed E-state index contributed by atoms with van der Waals surface area (Å²) in [7, 11) is 3.98. The second-order valence-corrected chi connectivity index (χ2v) is 4.88. The van der Waals surface area contributed by atoms with Crippen LogP contribution in [-0.2, 0) is 4.74 Å². The van der Waals surface area contributed by atoms with Crippen LogP contribution in [0.2, 0.25) is 0 Å². The lowest BCUT2D eigenvalue weighted by molar-refractivity contribution is 0.0853. The van der Waals surface area contributed by atoms with Gasteiger partial charge in [0.2, 0.25) is 0 Å². The molecule has 0 radical (unpaired) electrons. The minimum Gasteiger partial charge on any atom is -0.380 e. The van der Waals surface area contributed by atoms with E-state index >= 15 is 0 Å². The van der Waals surface area contributed by atoms with Crippen molar-refractivity contribution in [2.24, 2.45) is 5.92 Å². The Bertz CT molecular complexity index is 167. The van der Waals surface area contributed by atoms with E-state index in [4.69, 9.17) is 4.74 Å². The lowest BCUT2D eigenvalue weighted by atomic mass is 9.97. The Morgan fingerprint density at radius 3 is 2.47 bits per heavy atom. The van der Waals surface area contributed by atoms with Crippen LogP contribution >= 0.6 is 0 Å². The molecule has 0 aromatic rings. The molecular weight excluding hydrogens is 188 g/mol. The first kappa shape index (κ1) is 12.9. The van der Waals surface area contributed by atoms with Gasteiger partial charge in [0.15, 0.2) is 0 Å². The van der Waals surface area contributed by atoms with Gasteiger partial charge in [-0.25, -0.2) is 0 Å². The Hall–Kier alpha value is -0.120. The average Bonchev–Trinajstić information content (AvgIpc) is 2.26.